The van der Waals surface area contributed by atoms with Crippen LogP contribution < -0.4 is 5.32 Å². The molecular formula is C22H27N3O4. The van der Waals surface area contributed by atoms with E-state index >= 15 is 0 Å². The zero-order valence-electron chi connectivity index (χ0n) is 17.1. The second-order valence-electron chi connectivity index (χ2n) is 8.72. The number of hydrogen-bond acceptors (Lipinski definition) is 4. The maximum absolute atomic E-state index is 12.9. The summed E-state index contributed by atoms with van der Waals surface area (Å²) in [6, 6.07) is 4.54. The Hall–Kier alpha value is -2.70. The topological polar surface area (TPSA) is 86.8 Å². The molecule has 1 saturated heterocycles. The lowest BCUT2D eigenvalue weighted by Gasteiger charge is -2.32. The van der Waals surface area contributed by atoms with Crippen molar-refractivity contribution in [2.75, 3.05) is 11.9 Å². The molecule has 1 heterocycles. The molecule has 154 valence electrons. The summed E-state index contributed by atoms with van der Waals surface area (Å²) >= 11 is 0. The highest BCUT2D eigenvalue weighted by atomic mass is 16.2. The van der Waals surface area contributed by atoms with Gasteiger partial charge >= 0.3 is 17.8 Å². The van der Waals surface area contributed by atoms with E-state index in [-0.39, 0.29) is 12.0 Å². The van der Waals surface area contributed by atoms with E-state index in [9.17, 15) is 19.2 Å². The number of carbonyl (C=O) groups is 4. The lowest BCUT2D eigenvalue weighted by Crippen LogP contribution is -2.45. The molecule has 0 spiro atoms. The number of nitrogens with one attached hydrogen (secondary N) is 1. The molecule has 2 saturated carbocycles. The van der Waals surface area contributed by atoms with Crippen LogP contribution in [0.2, 0.25) is 0 Å². The Kier molecular flexibility index (Phi) is 4.92. The van der Waals surface area contributed by atoms with Crippen LogP contribution in [0.3, 0.4) is 0 Å². The molecule has 3 aliphatic rings. The summed E-state index contributed by atoms with van der Waals surface area (Å²) in [6.45, 7) is 5.22. The van der Waals surface area contributed by atoms with E-state index in [1.54, 1.807) is 6.07 Å². The van der Waals surface area contributed by atoms with Gasteiger partial charge in [0, 0.05) is 11.7 Å². The summed E-state index contributed by atoms with van der Waals surface area (Å²) < 4.78 is 0. The maximum atomic E-state index is 12.9. The highest BCUT2D eigenvalue weighted by Gasteiger charge is 2.52. The number of urea groups is 1. The Labute approximate surface area is 170 Å². The van der Waals surface area contributed by atoms with Crippen LogP contribution in [-0.2, 0) is 14.4 Å². The number of amides is 5. The summed E-state index contributed by atoms with van der Waals surface area (Å²) in [6.07, 6.45) is 4.51. The fraction of sp³-hybridized carbons (Fsp3) is 0.545. The maximum Gasteiger partial charge on any atom is 0.334 e. The van der Waals surface area contributed by atoms with E-state index in [1.165, 1.54) is 6.42 Å². The van der Waals surface area contributed by atoms with Gasteiger partial charge in [0.05, 0.1) is 0 Å². The second kappa shape index (κ2) is 7.28. The molecule has 5 amide bonds. The Morgan fingerprint density at radius 3 is 2.55 bits per heavy atom. The van der Waals surface area contributed by atoms with E-state index < -0.39 is 30.3 Å². The van der Waals surface area contributed by atoms with Gasteiger partial charge in [-0.05, 0) is 75.0 Å². The zero-order valence-corrected chi connectivity index (χ0v) is 17.1. The summed E-state index contributed by atoms with van der Waals surface area (Å²) in [5.74, 6) is -0.783. The van der Waals surface area contributed by atoms with Crippen LogP contribution in [0, 0.1) is 31.6 Å². The lowest BCUT2D eigenvalue weighted by atomic mass is 9.83. The highest BCUT2D eigenvalue weighted by molar-refractivity contribution is 6.45. The minimum absolute atomic E-state index is 0.248. The van der Waals surface area contributed by atoms with Crippen LogP contribution >= 0.6 is 0 Å². The largest absolute Gasteiger partial charge is 0.334 e. The van der Waals surface area contributed by atoms with Gasteiger partial charge in [0.25, 0.3) is 0 Å². The molecule has 1 aliphatic heterocycles. The molecule has 4 rings (SSSR count). The van der Waals surface area contributed by atoms with Crippen molar-refractivity contribution < 1.29 is 19.2 Å². The van der Waals surface area contributed by atoms with Crippen LogP contribution in [-0.4, -0.2) is 46.1 Å². The first kappa shape index (κ1) is 19.6. The molecule has 7 nitrogen and oxygen atoms in total. The van der Waals surface area contributed by atoms with Gasteiger partial charge in [0.15, 0.2) is 0 Å². The summed E-state index contributed by atoms with van der Waals surface area (Å²) in [5, 5.41) is 2.74. The van der Waals surface area contributed by atoms with Crippen molar-refractivity contribution in [3.8, 4) is 0 Å². The third-order valence-electron chi connectivity index (χ3n) is 7.08. The third-order valence-corrected chi connectivity index (χ3v) is 7.08. The first-order valence-corrected chi connectivity index (χ1v) is 10.3. The fourth-order valence-corrected chi connectivity index (χ4v) is 5.32. The minimum atomic E-state index is -0.916. The Morgan fingerprint density at radius 2 is 1.90 bits per heavy atom. The molecule has 0 aromatic heterocycles. The van der Waals surface area contributed by atoms with Gasteiger partial charge in [-0.2, -0.15) is 0 Å². The molecule has 4 unspecified atom stereocenters. The van der Waals surface area contributed by atoms with Crippen molar-refractivity contribution in [1.82, 2.24) is 9.80 Å². The van der Waals surface area contributed by atoms with E-state index in [2.05, 4.69) is 5.32 Å². The molecule has 0 radical (unpaired) electrons. The average Bonchev–Trinajstić information content (AvgIpc) is 3.37. The molecule has 2 bridgehead atoms. The van der Waals surface area contributed by atoms with Crippen LogP contribution in [0.4, 0.5) is 10.5 Å². The predicted molar refractivity (Wildman–Crippen MR) is 107 cm³/mol. The summed E-state index contributed by atoms with van der Waals surface area (Å²) in [4.78, 5) is 52.2. The third kappa shape index (κ3) is 3.32. The van der Waals surface area contributed by atoms with Crippen molar-refractivity contribution in [2.45, 2.75) is 52.5 Å². The van der Waals surface area contributed by atoms with Gasteiger partial charge in [0.2, 0.25) is 5.91 Å². The monoisotopic (exact) mass is 397 g/mol. The second-order valence-corrected chi connectivity index (χ2v) is 8.72. The molecule has 1 aromatic rings. The van der Waals surface area contributed by atoms with E-state index in [1.807, 2.05) is 32.9 Å². The summed E-state index contributed by atoms with van der Waals surface area (Å²) in [5.41, 5.74) is 2.58. The van der Waals surface area contributed by atoms with Gasteiger partial charge in [0.1, 0.15) is 6.54 Å². The van der Waals surface area contributed by atoms with Crippen LogP contribution in [0.5, 0.6) is 0 Å². The number of fused-ring (bicyclic) bond motifs is 2. The smallest absolute Gasteiger partial charge is 0.324 e. The number of benzene rings is 1. The van der Waals surface area contributed by atoms with Crippen molar-refractivity contribution >= 4 is 29.4 Å². The van der Waals surface area contributed by atoms with Crippen LogP contribution in [0.15, 0.2) is 18.2 Å². The van der Waals surface area contributed by atoms with Gasteiger partial charge in [-0.1, -0.05) is 18.6 Å². The van der Waals surface area contributed by atoms with E-state index in [0.717, 1.165) is 40.2 Å². The number of imide groups is 2. The Bertz CT molecular complexity index is 896. The molecule has 2 aliphatic carbocycles. The normalized spacial score (nSPS) is 27.1. The number of anilines is 1. The minimum Gasteiger partial charge on any atom is -0.324 e. The molecule has 1 N–H and O–H groups in total. The lowest BCUT2D eigenvalue weighted by molar-refractivity contribution is -0.144. The average molecular weight is 397 g/mol. The number of rotatable bonds is 5. The Morgan fingerprint density at radius 1 is 1.14 bits per heavy atom. The van der Waals surface area contributed by atoms with Crippen molar-refractivity contribution in [2.24, 2.45) is 17.8 Å². The Balaban J connectivity index is 1.45. The number of aryl methyl sites for hydroxylation is 1. The van der Waals surface area contributed by atoms with Crippen molar-refractivity contribution in [3.05, 3.63) is 29.3 Å². The number of hydrogen-bond donors (Lipinski definition) is 1. The number of nitrogens with zero attached hydrogens (tertiary/aromatic N) is 2. The predicted octanol–water partition coefficient (Wildman–Crippen LogP) is 2.86. The van der Waals surface area contributed by atoms with Gasteiger partial charge in [-0.15, -0.1) is 0 Å². The van der Waals surface area contributed by atoms with Crippen LogP contribution in [0.25, 0.3) is 0 Å². The van der Waals surface area contributed by atoms with E-state index in [4.69, 9.17) is 0 Å². The zero-order chi connectivity index (χ0) is 20.9. The van der Waals surface area contributed by atoms with Gasteiger partial charge in [-0.3, -0.25) is 19.3 Å². The SMILES string of the molecule is Cc1cccc(NC(=O)CN2C(=O)C(=O)N(C(C)C3CC4CCC3C4)C2=O)c1C. The quantitative estimate of drug-likeness (QED) is 0.611. The number of carbonyl (C=O) groups excluding carboxylic acids is 4. The highest BCUT2D eigenvalue weighted by Crippen LogP contribution is 2.50. The van der Waals surface area contributed by atoms with Crippen molar-refractivity contribution in [1.29, 1.82) is 0 Å². The molecule has 3 fully saturated rings. The van der Waals surface area contributed by atoms with Gasteiger partial charge < -0.3 is 5.32 Å². The van der Waals surface area contributed by atoms with Crippen LogP contribution in [0.1, 0.15) is 43.7 Å². The molecular weight excluding hydrogens is 370 g/mol. The summed E-state index contributed by atoms with van der Waals surface area (Å²) in [7, 11) is 0. The van der Waals surface area contributed by atoms with Crippen molar-refractivity contribution in [3.63, 3.8) is 0 Å². The fourth-order valence-electron chi connectivity index (χ4n) is 5.32. The van der Waals surface area contributed by atoms with E-state index in [0.29, 0.717) is 17.5 Å². The first-order valence-electron chi connectivity index (χ1n) is 10.3. The molecule has 29 heavy (non-hydrogen) atoms. The van der Waals surface area contributed by atoms with Gasteiger partial charge in [-0.25, -0.2) is 9.69 Å². The standard InChI is InChI=1S/C22H27N3O4/c1-12-5-4-6-18(13(12)2)23-19(26)11-24-20(27)21(28)25(22(24)29)14(3)17-10-15-7-8-16(17)9-15/h4-6,14-17H,7-11H2,1-3H3,(H,23,26). The molecule has 4 atom stereocenters. The molecule has 1 aromatic carbocycles. The molecule has 7 heteroatoms. The first-order chi connectivity index (χ1) is 13.8.